The van der Waals surface area contributed by atoms with E-state index in [1.807, 2.05) is 0 Å². The van der Waals surface area contributed by atoms with E-state index in [4.69, 9.17) is 10.5 Å². The number of ether oxygens (including phenoxy) is 1. The first-order chi connectivity index (χ1) is 11.5. The molecule has 2 aromatic heterocycles. The zero-order valence-electron chi connectivity index (χ0n) is 12.3. The predicted octanol–water partition coefficient (Wildman–Crippen LogP) is 3.15. The minimum absolute atomic E-state index is 0.113. The van der Waals surface area contributed by atoms with Gasteiger partial charge in [-0.3, -0.25) is 5.73 Å². The molecule has 0 atom stereocenters. The first-order valence-electron chi connectivity index (χ1n) is 7.05. The molecule has 6 nitrogen and oxygen atoms in total. The number of pyridine rings is 1. The number of rotatable bonds is 5. The Balaban J connectivity index is 1.82. The third kappa shape index (κ3) is 3.40. The molecule has 125 valence electrons. The average Bonchev–Trinajstić information content (AvgIpc) is 2.95. The second-order valence-corrected chi connectivity index (χ2v) is 4.87. The highest BCUT2D eigenvalue weighted by Crippen LogP contribution is 2.30. The molecule has 2 N–H and O–H groups in total. The van der Waals surface area contributed by atoms with Gasteiger partial charge in [0.15, 0.2) is 5.65 Å². The molecule has 0 spiro atoms. The summed E-state index contributed by atoms with van der Waals surface area (Å²) in [5.41, 5.74) is 7.35. The van der Waals surface area contributed by atoms with E-state index in [0.29, 0.717) is 17.2 Å². The Morgan fingerprint density at radius 2 is 1.88 bits per heavy atom. The van der Waals surface area contributed by atoms with Gasteiger partial charge in [-0.05, 0) is 30.3 Å². The van der Waals surface area contributed by atoms with Crippen molar-refractivity contribution in [3.05, 3.63) is 48.0 Å². The van der Waals surface area contributed by atoms with Crippen LogP contribution in [0.5, 0.6) is 5.88 Å². The van der Waals surface area contributed by atoms with Crippen LogP contribution in [-0.4, -0.2) is 27.7 Å². The van der Waals surface area contributed by atoms with Gasteiger partial charge in [-0.25, -0.2) is 0 Å². The number of aromatic nitrogens is 3. The normalized spacial score (nSPS) is 11.7. The highest BCUT2D eigenvalue weighted by molar-refractivity contribution is 5.56. The molecule has 0 amide bonds. The first-order valence-corrected chi connectivity index (χ1v) is 7.05. The number of hydrogen-bond acceptors (Lipinski definition) is 4. The molecule has 24 heavy (non-hydrogen) atoms. The van der Waals surface area contributed by atoms with Crippen molar-refractivity contribution >= 4 is 17.3 Å². The third-order valence-electron chi connectivity index (χ3n) is 3.15. The maximum Gasteiger partial charge on any atom is 0.416 e. The zero-order valence-corrected chi connectivity index (χ0v) is 12.3. The molecule has 1 aromatic carbocycles. The highest BCUT2D eigenvalue weighted by Gasteiger charge is 2.29. The van der Waals surface area contributed by atoms with Gasteiger partial charge in [0, 0.05) is 18.3 Å². The lowest BCUT2D eigenvalue weighted by atomic mass is 10.2. The van der Waals surface area contributed by atoms with E-state index in [1.54, 1.807) is 18.2 Å². The number of nitrogens with one attached hydrogen (secondary N) is 2. The number of alkyl halides is 3. The van der Waals surface area contributed by atoms with Crippen LogP contribution < -0.4 is 15.8 Å². The summed E-state index contributed by atoms with van der Waals surface area (Å²) in [6.45, 7) is 0.336. The molecule has 0 aliphatic carbocycles. The van der Waals surface area contributed by atoms with Crippen molar-refractivity contribution in [1.82, 2.24) is 20.3 Å². The van der Waals surface area contributed by atoms with E-state index in [9.17, 15) is 13.2 Å². The van der Waals surface area contributed by atoms with Crippen molar-refractivity contribution in [2.75, 3.05) is 18.5 Å². The quantitative estimate of drug-likeness (QED) is 0.776. The average molecular weight is 336 g/mol. The Labute approximate surface area is 135 Å². The molecule has 0 saturated carbocycles. The Hall–Kier alpha value is -2.81. The van der Waals surface area contributed by atoms with Crippen molar-refractivity contribution in [2.45, 2.75) is 6.18 Å². The number of halogens is 3. The van der Waals surface area contributed by atoms with Gasteiger partial charge in [0.25, 0.3) is 0 Å². The van der Waals surface area contributed by atoms with Crippen LogP contribution in [0.15, 0.2) is 42.5 Å². The van der Waals surface area contributed by atoms with E-state index < -0.39 is 11.7 Å². The molecule has 0 saturated heterocycles. The van der Waals surface area contributed by atoms with Gasteiger partial charge in [-0.2, -0.15) is 22.7 Å². The predicted molar refractivity (Wildman–Crippen MR) is 81.2 cm³/mol. The second kappa shape index (κ2) is 6.36. The molecule has 0 aliphatic heterocycles. The largest absolute Gasteiger partial charge is 0.476 e. The van der Waals surface area contributed by atoms with Gasteiger partial charge in [0.05, 0.1) is 5.56 Å². The number of nitrogens with zero attached hydrogens (tertiary/aromatic N) is 3. The van der Waals surface area contributed by atoms with E-state index in [-0.39, 0.29) is 19.1 Å². The van der Waals surface area contributed by atoms with Crippen molar-refractivity contribution in [3.8, 4) is 5.88 Å². The van der Waals surface area contributed by atoms with Crippen LogP contribution >= 0.6 is 0 Å². The van der Waals surface area contributed by atoms with Crippen molar-refractivity contribution in [2.24, 2.45) is 0 Å². The molecular formula is C15H13F3N5O. The van der Waals surface area contributed by atoms with Crippen molar-refractivity contribution < 1.29 is 17.9 Å². The SMILES string of the molecule is [NH]CCOc1cccc2nc(Nc3ccc(C(F)(F)F)cc3)nn12. The highest BCUT2D eigenvalue weighted by atomic mass is 19.4. The molecule has 2 heterocycles. The molecule has 1 radical (unpaired) electrons. The zero-order chi connectivity index (χ0) is 17.2. The van der Waals surface area contributed by atoms with Gasteiger partial charge in [-0.1, -0.05) is 6.07 Å². The Bertz CT molecular complexity index is 829. The summed E-state index contributed by atoms with van der Waals surface area (Å²) in [7, 11) is 0. The van der Waals surface area contributed by atoms with Crippen molar-refractivity contribution in [3.63, 3.8) is 0 Å². The van der Waals surface area contributed by atoms with Crippen LogP contribution in [0.4, 0.5) is 24.8 Å². The van der Waals surface area contributed by atoms with Gasteiger partial charge >= 0.3 is 6.18 Å². The van der Waals surface area contributed by atoms with Crippen molar-refractivity contribution in [1.29, 1.82) is 0 Å². The fourth-order valence-corrected chi connectivity index (χ4v) is 2.07. The molecule has 3 aromatic rings. The summed E-state index contributed by atoms with van der Waals surface area (Å²) >= 11 is 0. The summed E-state index contributed by atoms with van der Waals surface area (Å²) in [4.78, 5) is 4.24. The summed E-state index contributed by atoms with van der Waals surface area (Å²) in [6.07, 6.45) is -4.37. The number of anilines is 2. The third-order valence-corrected chi connectivity index (χ3v) is 3.15. The maximum absolute atomic E-state index is 12.6. The lowest BCUT2D eigenvalue weighted by Gasteiger charge is -2.07. The molecule has 0 unspecified atom stereocenters. The Morgan fingerprint density at radius 1 is 1.12 bits per heavy atom. The summed E-state index contributed by atoms with van der Waals surface area (Å²) < 4.78 is 44.5. The van der Waals surface area contributed by atoms with Crippen LogP contribution in [0.1, 0.15) is 5.56 Å². The number of benzene rings is 1. The van der Waals surface area contributed by atoms with E-state index >= 15 is 0 Å². The lowest BCUT2D eigenvalue weighted by Crippen LogP contribution is -2.06. The number of hydrogen-bond donors (Lipinski definition) is 1. The topological polar surface area (TPSA) is 75.2 Å². The fourth-order valence-electron chi connectivity index (χ4n) is 2.07. The lowest BCUT2D eigenvalue weighted by molar-refractivity contribution is -0.137. The number of fused-ring (bicyclic) bond motifs is 1. The van der Waals surface area contributed by atoms with Crippen LogP contribution in [0.25, 0.3) is 5.65 Å². The Morgan fingerprint density at radius 3 is 2.54 bits per heavy atom. The van der Waals surface area contributed by atoms with Crippen LogP contribution in [0.3, 0.4) is 0 Å². The molecule has 0 aliphatic rings. The van der Waals surface area contributed by atoms with Gasteiger partial charge in [-0.15, -0.1) is 5.10 Å². The molecule has 0 bridgehead atoms. The van der Waals surface area contributed by atoms with Crippen LogP contribution in [-0.2, 0) is 6.18 Å². The molecule has 3 rings (SSSR count). The fraction of sp³-hybridized carbons (Fsp3) is 0.200. The standard InChI is InChI=1S/C15H13F3N5O/c16-15(17,18)10-4-6-11(7-5-10)20-14-21-12-2-1-3-13(23(12)22-14)24-9-8-19/h1-7,19H,8-9H2,(H,20,22). The van der Waals surface area contributed by atoms with E-state index in [2.05, 4.69) is 15.4 Å². The molecular weight excluding hydrogens is 323 g/mol. The van der Waals surface area contributed by atoms with Gasteiger partial charge in [0.2, 0.25) is 11.8 Å². The summed E-state index contributed by atoms with van der Waals surface area (Å²) in [6, 6.07) is 9.75. The van der Waals surface area contributed by atoms with Gasteiger partial charge in [0.1, 0.15) is 6.61 Å². The van der Waals surface area contributed by atoms with Crippen LogP contribution in [0, 0.1) is 0 Å². The van der Waals surface area contributed by atoms with E-state index in [0.717, 1.165) is 12.1 Å². The van der Waals surface area contributed by atoms with Crippen LogP contribution in [0.2, 0.25) is 0 Å². The first kappa shape index (κ1) is 16.1. The monoisotopic (exact) mass is 336 g/mol. The smallest absolute Gasteiger partial charge is 0.416 e. The molecule has 0 fully saturated rings. The van der Waals surface area contributed by atoms with E-state index in [1.165, 1.54) is 16.6 Å². The minimum Gasteiger partial charge on any atom is -0.476 e. The minimum atomic E-state index is -4.37. The second-order valence-electron chi connectivity index (χ2n) is 4.87. The van der Waals surface area contributed by atoms with Gasteiger partial charge < -0.3 is 10.1 Å². The maximum atomic E-state index is 12.6. The summed E-state index contributed by atoms with van der Waals surface area (Å²) in [5.74, 6) is 0.671. The Kier molecular flexibility index (Phi) is 4.26. The summed E-state index contributed by atoms with van der Waals surface area (Å²) in [5, 5.41) is 7.07. The molecule has 9 heteroatoms.